The van der Waals surface area contributed by atoms with Crippen LogP contribution < -0.4 is 5.32 Å². The molecule has 1 aromatic heterocycles. The Labute approximate surface area is 88.6 Å². The van der Waals surface area contributed by atoms with Crippen molar-refractivity contribution < 1.29 is 0 Å². The van der Waals surface area contributed by atoms with Gasteiger partial charge in [-0.25, -0.2) is 0 Å². The Morgan fingerprint density at radius 2 is 2.29 bits per heavy atom. The summed E-state index contributed by atoms with van der Waals surface area (Å²) in [6.45, 7) is 0. The average Bonchev–Trinajstić information content (AvgIpc) is 2.86. The van der Waals surface area contributed by atoms with E-state index in [2.05, 4.69) is 16.8 Å². The van der Waals surface area contributed by atoms with E-state index in [-0.39, 0.29) is 6.04 Å². The van der Waals surface area contributed by atoms with Gasteiger partial charge in [-0.15, -0.1) is 0 Å². The smallest absolute Gasteiger partial charge is 0.122 e. The van der Waals surface area contributed by atoms with Crippen LogP contribution in [0.5, 0.6) is 0 Å². The lowest BCUT2D eigenvalue weighted by Crippen LogP contribution is -2.29. The molecule has 0 saturated heterocycles. The average molecular weight is 206 g/mol. The first-order valence-corrected chi connectivity index (χ1v) is 6.02. The van der Waals surface area contributed by atoms with Crippen molar-refractivity contribution in [2.45, 2.75) is 37.8 Å². The summed E-state index contributed by atoms with van der Waals surface area (Å²) < 4.78 is 0. The summed E-state index contributed by atoms with van der Waals surface area (Å²) in [6.07, 6.45) is 5.06. The molecule has 1 unspecified atom stereocenters. The summed E-state index contributed by atoms with van der Waals surface area (Å²) in [5.41, 5.74) is 1.12. The minimum atomic E-state index is -0.107. The van der Waals surface area contributed by atoms with Gasteiger partial charge in [0.25, 0.3) is 0 Å². The highest BCUT2D eigenvalue weighted by molar-refractivity contribution is 7.08. The van der Waals surface area contributed by atoms with E-state index in [1.807, 2.05) is 11.4 Å². The third-order valence-electron chi connectivity index (χ3n) is 2.76. The van der Waals surface area contributed by atoms with Gasteiger partial charge in [0, 0.05) is 6.04 Å². The maximum absolute atomic E-state index is 9.05. The molecule has 1 atom stereocenters. The van der Waals surface area contributed by atoms with Gasteiger partial charge in [-0.3, -0.25) is 5.32 Å². The van der Waals surface area contributed by atoms with Gasteiger partial charge < -0.3 is 0 Å². The topological polar surface area (TPSA) is 35.8 Å². The van der Waals surface area contributed by atoms with Gasteiger partial charge in [0.05, 0.1) is 6.07 Å². The van der Waals surface area contributed by atoms with Crippen LogP contribution in [0.15, 0.2) is 16.8 Å². The number of rotatable bonds is 3. The highest BCUT2D eigenvalue weighted by atomic mass is 32.1. The lowest BCUT2D eigenvalue weighted by atomic mass is 10.1. The zero-order valence-corrected chi connectivity index (χ0v) is 8.89. The van der Waals surface area contributed by atoms with E-state index in [1.54, 1.807) is 11.3 Å². The van der Waals surface area contributed by atoms with Crippen molar-refractivity contribution in [2.24, 2.45) is 0 Å². The Hall–Kier alpha value is -0.850. The fourth-order valence-electron chi connectivity index (χ4n) is 1.98. The van der Waals surface area contributed by atoms with Gasteiger partial charge in [0.2, 0.25) is 0 Å². The molecule has 2 nitrogen and oxygen atoms in total. The van der Waals surface area contributed by atoms with Crippen LogP contribution in [0.3, 0.4) is 0 Å². The molecule has 1 aliphatic carbocycles. The summed E-state index contributed by atoms with van der Waals surface area (Å²) >= 11 is 1.65. The highest BCUT2D eigenvalue weighted by Crippen LogP contribution is 2.22. The molecule has 1 heterocycles. The van der Waals surface area contributed by atoms with E-state index in [9.17, 15) is 0 Å². The zero-order valence-electron chi connectivity index (χ0n) is 8.07. The minimum absolute atomic E-state index is 0.107. The first kappa shape index (κ1) is 9.70. The summed E-state index contributed by atoms with van der Waals surface area (Å²) in [7, 11) is 0. The Morgan fingerprint density at radius 3 is 2.86 bits per heavy atom. The first-order chi connectivity index (χ1) is 6.90. The zero-order chi connectivity index (χ0) is 9.80. The second kappa shape index (κ2) is 4.59. The number of thiophene rings is 1. The summed E-state index contributed by atoms with van der Waals surface area (Å²) in [5, 5.41) is 16.5. The minimum Gasteiger partial charge on any atom is -0.295 e. The van der Waals surface area contributed by atoms with Crippen molar-refractivity contribution >= 4 is 11.3 Å². The summed E-state index contributed by atoms with van der Waals surface area (Å²) in [4.78, 5) is 0. The number of nitrogens with zero attached hydrogens (tertiary/aromatic N) is 1. The molecule has 0 radical (unpaired) electrons. The van der Waals surface area contributed by atoms with Crippen LogP contribution in [0, 0.1) is 11.3 Å². The van der Waals surface area contributed by atoms with Crippen LogP contribution in [0.4, 0.5) is 0 Å². The van der Waals surface area contributed by atoms with Gasteiger partial charge in [-0.05, 0) is 35.2 Å². The van der Waals surface area contributed by atoms with Gasteiger partial charge in [0.15, 0.2) is 0 Å². The molecule has 1 aromatic rings. The molecule has 0 bridgehead atoms. The maximum Gasteiger partial charge on any atom is 0.122 e. The van der Waals surface area contributed by atoms with Crippen LogP contribution >= 0.6 is 11.3 Å². The fourth-order valence-corrected chi connectivity index (χ4v) is 2.66. The largest absolute Gasteiger partial charge is 0.295 e. The standard InChI is InChI=1S/C11H14N2S/c12-7-11(9-5-6-14-8-9)13-10-3-1-2-4-10/h5-6,8,10-11,13H,1-4H2. The van der Waals surface area contributed by atoms with Crippen molar-refractivity contribution in [3.63, 3.8) is 0 Å². The van der Waals surface area contributed by atoms with Gasteiger partial charge >= 0.3 is 0 Å². The van der Waals surface area contributed by atoms with E-state index < -0.39 is 0 Å². The van der Waals surface area contributed by atoms with Crippen molar-refractivity contribution in [1.29, 1.82) is 5.26 Å². The molecule has 74 valence electrons. The van der Waals surface area contributed by atoms with Crippen molar-refractivity contribution in [1.82, 2.24) is 5.32 Å². The Balaban J connectivity index is 1.97. The predicted octanol–water partition coefficient (Wildman–Crippen LogP) is 2.84. The molecule has 1 saturated carbocycles. The third kappa shape index (κ3) is 2.14. The molecule has 0 aromatic carbocycles. The summed E-state index contributed by atoms with van der Waals surface area (Å²) in [6, 6.07) is 4.80. The Bertz CT molecular complexity index is 307. The fraction of sp³-hybridized carbons (Fsp3) is 0.545. The normalized spacial score (nSPS) is 19.4. The molecule has 0 aliphatic heterocycles. The molecule has 1 N–H and O–H groups in total. The molecule has 1 aliphatic rings. The second-order valence-corrected chi connectivity index (χ2v) is 4.55. The van der Waals surface area contributed by atoms with E-state index in [1.165, 1.54) is 25.7 Å². The quantitative estimate of drug-likeness (QED) is 0.825. The van der Waals surface area contributed by atoms with Crippen LogP contribution in [-0.2, 0) is 0 Å². The second-order valence-electron chi connectivity index (χ2n) is 3.77. The number of nitriles is 1. The van der Waals surface area contributed by atoms with E-state index in [0.717, 1.165) is 5.56 Å². The lowest BCUT2D eigenvalue weighted by molar-refractivity contribution is 0.493. The number of nitrogens with one attached hydrogen (secondary N) is 1. The van der Waals surface area contributed by atoms with E-state index in [0.29, 0.717) is 6.04 Å². The van der Waals surface area contributed by atoms with Gasteiger partial charge in [0.1, 0.15) is 6.04 Å². The van der Waals surface area contributed by atoms with Crippen LogP contribution in [-0.4, -0.2) is 6.04 Å². The molecule has 0 spiro atoms. The summed E-state index contributed by atoms with van der Waals surface area (Å²) in [5.74, 6) is 0. The number of hydrogen-bond donors (Lipinski definition) is 1. The number of hydrogen-bond acceptors (Lipinski definition) is 3. The van der Waals surface area contributed by atoms with Crippen molar-refractivity contribution in [3.8, 4) is 6.07 Å². The molecule has 3 heteroatoms. The molecular weight excluding hydrogens is 192 g/mol. The highest BCUT2D eigenvalue weighted by Gasteiger charge is 2.19. The maximum atomic E-state index is 9.05. The molecule has 14 heavy (non-hydrogen) atoms. The first-order valence-electron chi connectivity index (χ1n) is 5.08. The Morgan fingerprint density at radius 1 is 1.50 bits per heavy atom. The van der Waals surface area contributed by atoms with E-state index >= 15 is 0 Å². The Kier molecular flexibility index (Phi) is 3.18. The van der Waals surface area contributed by atoms with Gasteiger partial charge in [-0.2, -0.15) is 16.6 Å². The van der Waals surface area contributed by atoms with Crippen molar-refractivity contribution in [3.05, 3.63) is 22.4 Å². The van der Waals surface area contributed by atoms with Gasteiger partial charge in [-0.1, -0.05) is 12.8 Å². The third-order valence-corrected chi connectivity index (χ3v) is 3.46. The lowest BCUT2D eigenvalue weighted by Gasteiger charge is -2.15. The molecule has 2 rings (SSSR count). The molecule has 1 fully saturated rings. The molecule has 0 amide bonds. The monoisotopic (exact) mass is 206 g/mol. The van der Waals surface area contributed by atoms with E-state index in [4.69, 9.17) is 5.26 Å². The molecular formula is C11H14N2S. The SMILES string of the molecule is N#CC(NC1CCCC1)c1ccsc1. The van der Waals surface area contributed by atoms with Crippen LogP contribution in [0.25, 0.3) is 0 Å². The van der Waals surface area contributed by atoms with Crippen LogP contribution in [0.2, 0.25) is 0 Å². The van der Waals surface area contributed by atoms with Crippen molar-refractivity contribution in [2.75, 3.05) is 0 Å². The predicted molar refractivity (Wildman–Crippen MR) is 58.1 cm³/mol. The van der Waals surface area contributed by atoms with Crippen LogP contribution in [0.1, 0.15) is 37.3 Å².